The molecule has 0 amide bonds. The van der Waals surface area contributed by atoms with Crippen molar-refractivity contribution >= 4 is 5.78 Å². The molecular formula is C16H19N5O2. The fraction of sp³-hybridized carbons (Fsp3) is 0.375. The van der Waals surface area contributed by atoms with Crippen LogP contribution in [0.2, 0.25) is 0 Å². The molecule has 0 radical (unpaired) electrons. The van der Waals surface area contributed by atoms with Crippen LogP contribution in [0.1, 0.15) is 10.4 Å². The average molecular weight is 313 g/mol. The Morgan fingerprint density at radius 2 is 1.96 bits per heavy atom. The van der Waals surface area contributed by atoms with Gasteiger partial charge in [-0.1, -0.05) is 36.4 Å². The third-order valence-electron chi connectivity index (χ3n) is 3.67. The first-order valence-corrected chi connectivity index (χ1v) is 7.45. The first kappa shape index (κ1) is 16.8. The van der Waals surface area contributed by atoms with Crippen LogP contribution < -0.4 is 0 Å². The molecule has 0 saturated carbocycles. The number of allylic oxidation sites excluding steroid dienone is 1. The Balaban J connectivity index is 1.76. The number of benzene rings is 1. The second-order valence-electron chi connectivity index (χ2n) is 5.16. The normalized spacial score (nSPS) is 16.1. The van der Waals surface area contributed by atoms with Gasteiger partial charge >= 0.3 is 0 Å². The van der Waals surface area contributed by atoms with E-state index in [1.165, 1.54) is 0 Å². The summed E-state index contributed by atoms with van der Waals surface area (Å²) in [5.41, 5.74) is 0.678. The molecule has 0 unspecified atom stereocenters. The van der Waals surface area contributed by atoms with Crippen LogP contribution in [0.3, 0.4) is 0 Å². The van der Waals surface area contributed by atoms with Crippen LogP contribution in [0.5, 0.6) is 0 Å². The maximum atomic E-state index is 11.9. The van der Waals surface area contributed by atoms with Crippen LogP contribution in [0.4, 0.5) is 0 Å². The molecule has 1 aliphatic heterocycles. The van der Waals surface area contributed by atoms with Gasteiger partial charge in [0.1, 0.15) is 6.54 Å². The van der Waals surface area contributed by atoms with Gasteiger partial charge in [0.15, 0.2) is 5.78 Å². The maximum absolute atomic E-state index is 11.9. The molecule has 120 valence electrons. The van der Waals surface area contributed by atoms with Crippen molar-refractivity contribution in [3.8, 4) is 6.07 Å². The Kier molecular flexibility index (Phi) is 6.41. The number of hydrogen-bond acceptors (Lipinski definition) is 6. The quantitative estimate of drug-likeness (QED) is 0.249. The fourth-order valence-corrected chi connectivity index (χ4v) is 2.40. The zero-order valence-electron chi connectivity index (χ0n) is 12.8. The van der Waals surface area contributed by atoms with E-state index in [1.807, 2.05) is 30.3 Å². The number of carbonyl (C=O) groups is 1. The summed E-state index contributed by atoms with van der Waals surface area (Å²) in [5.74, 6) is -0.00501. The molecule has 0 atom stereocenters. The van der Waals surface area contributed by atoms with Gasteiger partial charge in [-0.15, -0.1) is 4.91 Å². The third-order valence-corrected chi connectivity index (χ3v) is 3.67. The molecule has 7 heteroatoms. The second kappa shape index (κ2) is 8.78. The van der Waals surface area contributed by atoms with Crippen molar-refractivity contribution in [2.24, 2.45) is 5.29 Å². The number of nitrogens with zero attached hydrogens (tertiary/aromatic N) is 5. The van der Waals surface area contributed by atoms with E-state index in [0.29, 0.717) is 25.2 Å². The number of hydrazine groups is 1. The van der Waals surface area contributed by atoms with Crippen molar-refractivity contribution in [1.82, 2.24) is 15.0 Å². The number of nitroso groups, excluding NO2 is 1. The van der Waals surface area contributed by atoms with E-state index in [-0.39, 0.29) is 12.3 Å². The number of nitriles is 1. The summed E-state index contributed by atoms with van der Waals surface area (Å²) in [5, 5.41) is 14.4. The number of ketones is 1. The van der Waals surface area contributed by atoms with Crippen LogP contribution >= 0.6 is 0 Å². The molecule has 0 bridgehead atoms. The van der Waals surface area contributed by atoms with Gasteiger partial charge in [-0.05, 0) is 6.08 Å². The lowest BCUT2D eigenvalue weighted by atomic mass is 10.1. The van der Waals surface area contributed by atoms with E-state index in [4.69, 9.17) is 5.26 Å². The third kappa shape index (κ3) is 4.98. The van der Waals surface area contributed by atoms with E-state index in [9.17, 15) is 9.70 Å². The summed E-state index contributed by atoms with van der Waals surface area (Å²) < 4.78 is 0. The van der Waals surface area contributed by atoms with Crippen molar-refractivity contribution in [3.63, 3.8) is 0 Å². The molecule has 1 aliphatic rings. The largest absolute Gasteiger partial charge is 0.297 e. The highest BCUT2D eigenvalue weighted by Gasteiger charge is 2.21. The van der Waals surface area contributed by atoms with Gasteiger partial charge in [0.05, 0.1) is 11.4 Å². The molecule has 1 heterocycles. The first-order chi connectivity index (χ1) is 11.2. The minimum absolute atomic E-state index is 0.00501. The number of piperazine rings is 1. The van der Waals surface area contributed by atoms with Gasteiger partial charge in [-0.2, -0.15) is 15.4 Å². The second-order valence-corrected chi connectivity index (χ2v) is 5.16. The van der Waals surface area contributed by atoms with Crippen LogP contribution in [0.15, 0.2) is 47.8 Å². The Bertz CT molecular complexity index is 588. The van der Waals surface area contributed by atoms with Gasteiger partial charge in [-0.3, -0.25) is 9.69 Å². The first-order valence-electron chi connectivity index (χ1n) is 7.45. The summed E-state index contributed by atoms with van der Waals surface area (Å²) in [6, 6.07) is 11.1. The summed E-state index contributed by atoms with van der Waals surface area (Å²) in [7, 11) is 0. The van der Waals surface area contributed by atoms with Gasteiger partial charge in [0, 0.05) is 38.3 Å². The van der Waals surface area contributed by atoms with Gasteiger partial charge in [0.25, 0.3) is 0 Å². The highest BCUT2D eigenvalue weighted by atomic mass is 16.3. The summed E-state index contributed by atoms with van der Waals surface area (Å²) in [6.45, 7) is 3.42. The van der Waals surface area contributed by atoms with Crippen molar-refractivity contribution in [1.29, 1.82) is 5.26 Å². The van der Waals surface area contributed by atoms with Gasteiger partial charge < -0.3 is 0 Å². The number of rotatable bonds is 7. The molecule has 0 aliphatic carbocycles. The van der Waals surface area contributed by atoms with Crippen LogP contribution in [0.25, 0.3) is 0 Å². The monoisotopic (exact) mass is 313 g/mol. The molecule has 0 N–H and O–H groups in total. The summed E-state index contributed by atoms with van der Waals surface area (Å²) >= 11 is 0. The van der Waals surface area contributed by atoms with Crippen LogP contribution in [0, 0.1) is 16.2 Å². The molecule has 0 aromatic heterocycles. The lowest BCUT2D eigenvalue weighted by molar-refractivity contribution is -0.0466. The molecule has 1 saturated heterocycles. The van der Waals surface area contributed by atoms with Gasteiger partial charge in [0.2, 0.25) is 0 Å². The molecule has 23 heavy (non-hydrogen) atoms. The van der Waals surface area contributed by atoms with Crippen LogP contribution in [-0.2, 0) is 0 Å². The SMILES string of the molecule is N#CCN(N=O)N1CCN(CC=CC(=O)c2ccccc2)CC1. The van der Waals surface area contributed by atoms with Crippen molar-refractivity contribution < 1.29 is 4.79 Å². The molecule has 1 aromatic carbocycles. The van der Waals surface area contributed by atoms with E-state index in [1.54, 1.807) is 23.2 Å². The smallest absolute Gasteiger partial charge is 0.185 e. The highest BCUT2D eigenvalue weighted by Crippen LogP contribution is 2.06. The van der Waals surface area contributed by atoms with Crippen molar-refractivity contribution in [3.05, 3.63) is 53.0 Å². The number of carbonyl (C=O) groups excluding carboxylic acids is 1. The summed E-state index contributed by atoms with van der Waals surface area (Å²) in [6.07, 6.45) is 3.45. The lowest BCUT2D eigenvalue weighted by Crippen LogP contribution is -2.52. The lowest BCUT2D eigenvalue weighted by Gasteiger charge is -2.36. The zero-order valence-corrected chi connectivity index (χ0v) is 12.8. The van der Waals surface area contributed by atoms with Crippen LogP contribution in [-0.4, -0.2) is 60.1 Å². The molecule has 0 spiro atoms. The zero-order chi connectivity index (χ0) is 16.5. The average Bonchev–Trinajstić information content (AvgIpc) is 2.61. The Morgan fingerprint density at radius 1 is 1.26 bits per heavy atom. The fourth-order valence-electron chi connectivity index (χ4n) is 2.40. The van der Waals surface area contributed by atoms with Crippen molar-refractivity contribution in [2.45, 2.75) is 0 Å². The molecule has 7 nitrogen and oxygen atoms in total. The predicted molar refractivity (Wildman–Crippen MR) is 86.0 cm³/mol. The van der Waals surface area contributed by atoms with E-state index in [0.717, 1.165) is 18.2 Å². The van der Waals surface area contributed by atoms with E-state index >= 15 is 0 Å². The van der Waals surface area contributed by atoms with Gasteiger partial charge in [-0.25, -0.2) is 0 Å². The molecule has 1 aromatic rings. The molecular weight excluding hydrogens is 294 g/mol. The summed E-state index contributed by atoms with van der Waals surface area (Å²) in [4.78, 5) is 24.8. The standard InChI is InChI=1S/C16H19N5O2/c17-8-10-21(18-23)20-13-11-19(12-14-20)9-4-7-16(22)15-5-2-1-3-6-15/h1-7H,9-14H2. The molecule has 1 fully saturated rings. The highest BCUT2D eigenvalue weighted by molar-refractivity contribution is 6.04. The van der Waals surface area contributed by atoms with Crippen molar-refractivity contribution in [2.75, 3.05) is 39.3 Å². The van der Waals surface area contributed by atoms with E-state index in [2.05, 4.69) is 10.2 Å². The Morgan fingerprint density at radius 3 is 2.57 bits per heavy atom. The predicted octanol–water partition coefficient (Wildman–Crippen LogP) is 1.47. The minimum Gasteiger partial charge on any atom is -0.297 e. The molecule has 2 rings (SSSR count). The topological polar surface area (TPSA) is 80.0 Å². The number of hydrogen-bond donors (Lipinski definition) is 0. The Labute approximate surface area is 135 Å². The minimum atomic E-state index is -0.0328. The maximum Gasteiger partial charge on any atom is 0.185 e. The van der Waals surface area contributed by atoms with E-state index < -0.39 is 0 Å². The Hall–Kier alpha value is -2.56.